The Kier molecular flexibility index (Phi) is 6.43. The van der Waals surface area contributed by atoms with E-state index in [9.17, 15) is 0 Å². The number of aromatic nitrogens is 3. The van der Waals surface area contributed by atoms with Crippen molar-refractivity contribution in [1.29, 1.82) is 0 Å². The lowest BCUT2D eigenvalue weighted by molar-refractivity contribution is 0.672. The van der Waals surface area contributed by atoms with Crippen LogP contribution in [0.5, 0.6) is 0 Å². The van der Waals surface area contributed by atoms with E-state index < -0.39 is 0 Å². The van der Waals surface area contributed by atoms with E-state index in [0.717, 1.165) is 60.5 Å². The zero-order chi connectivity index (χ0) is 31.2. The minimum absolute atomic E-state index is 0.605. The first kappa shape index (κ1) is 27.0. The average molecular weight is 602 g/mol. The molecule has 0 N–H and O–H groups in total. The van der Waals surface area contributed by atoms with E-state index in [0.29, 0.717) is 17.5 Å². The minimum Gasteiger partial charge on any atom is -0.455 e. The smallest absolute Gasteiger partial charge is 0.164 e. The number of hydrogen-bond acceptors (Lipinski definition) is 4. The van der Waals surface area contributed by atoms with Crippen LogP contribution in [0.4, 0.5) is 0 Å². The highest BCUT2D eigenvalue weighted by Crippen LogP contribution is 2.39. The van der Waals surface area contributed by atoms with Crippen LogP contribution in [-0.2, 0) is 0 Å². The van der Waals surface area contributed by atoms with Crippen molar-refractivity contribution < 1.29 is 4.42 Å². The first-order chi connectivity index (χ1) is 23.3. The molecule has 0 amide bonds. The Bertz CT molecular complexity index is 2540. The summed E-state index contributed by atoms with van der Waals surface area (Å²) in [5, 5.41) is 4.23. The molecule has 9 aromatic rings. The first-order valence-electron chi connectivity index (χ1n) is 15.7. The molecule has 4 heteroatoms. The number of benzene rings is 7. The largest absolute Gasteiger partial charge is 0.455 e. The van der Waals surface area contributed by atoms with Gasteiger partial charge in [0, 0.05) is 32.8 Å². The highest BCUT2D eigenvalue weighted by Gasteiger charge is 2.18. The van der Waals surface area contributed by atoms with Crippen molar-refractivity contribution in [3.8, 4) is 56.4 Å². The van der Waals surface area contributed by atoms with Gasteiger partial charge in [0.1, 0.15) is 11.2 Å². The first-order valence-corrected chi connectivity index (χ1v) is 15.7. The molecule has 220 valence electrons. The topological polar surface area (TPSA) is 51.8 Å². The molecule has 0 aliphatic rings. The summed E-state index contributed by atoms with van der Waals surface area (Å²) >= 11 is 0. The van der Waals surface area contributed by atoms with Gasteiger partial charge in [-0.05, 0) is 39.8 Å². The Morgan fingerprint density at radius 1 is 0.340 bits per heavy atom. The van der Waals surface area contributed by atoms with E-state index in [1.165, 1.54) is 11.1 Å². The van der Waals surface area contributed by atoms with Crippen LogP contribution >= 0.6 is 0 Å². The molecule has 0 atom stereocenters. The van der Waals surface area contributed by atoms with E-state index >= 15 is 0 Å². The van der Waals surface area contributed by atoms with Gasteiger partial charge in [-0.3, -0.25) is 0 Å². The zero-order valence-electron chi connectivity index (χ0n) is 25.3. The number of nitrogens with zero attached hydrogens (tertiary/aromatic N) is 3. The summed E-state index contributed by atoms with van der Waals surface area (Å²) in [4.78, 5) is 15.1. The molecule has 9 rings (SSSR count). The normalized spacial score (nSPS) is 11.4. The Labute approximate surface area is 271 Å². The molecule has 0 saturated heterocycles. The predicted octanol–water partition coefficient (Wildman–Crippen LogP) is 11.3. The van der Waals surface area contributed by atoms with E-state index in [-0.39, 0.29) is 0 Å². The number of hydrogen-bond donors (Lipinski definition) is 0. The molecule has 0 radical (unpaired) electrons. The van der Waals surface area contributed by atoms with Crippen LogP contribution in [0.1, 0.15) is 0 Å². The number of furan rings is 1. The Balaban J connectivity index is 1.17. The summed E-state index contributed by atoms with van der Waals surface area (Å²) in [6, 6.07) is 56.3. The van der Waals surface area contributed by atoms with Gasteiger partial charge in [-0.15, -0.1) is 0 Å². The maximum absolute atomic E-state index is 6.47. The lowest BCUT2D eigenvalue weighted by Crippen LogP contribution is -2.00. The van der Waals surface area contributed by atoms with Crippen molar-refractivity contribution in [3.05, 3.63) is 164 Å². The second-order valence-electron chi connectivity index (χ2n) is 11.6. The Morgan fingerprint density at radius 3 is 1.51 bits per heavy atom. The second-order valence-corrected chi connectivity index (χ2v) is 11.6. The fourth-order valence-electron chi connectivity index (χ4n) is 6.38. The standard InChI is InChI=1S/C43H27N3O/c1-3-10-28(11-4-1)29-18-20-30(21-19-29)31-22-24-34(25-23-31)42-44-41(33-12-5-2-6-13-33)45-43(46-42)37-16-9-14-32-26-27-36-35-15-7-8-17-38(35)47-40(36)39(32)37/h1-27H. The third kappa shape index (κ3) is 4.84. The fraction of sp³-hybridized carbons (Fsp3) is 0. The monoisotopic (exact) mass is 601 g/mol. The van der Waals surface area contributed by atoms with Crippen molar-refractivity contribution in [2.24, 2.45) is 0 Å². The molecule has 0 spiro atoms. The number of rotatable bonds is 5. The van der Waals surface area contributed by atoms with Crippen molar-refractivity contribution in [3.63, 3.8) is 0 Å². The van der Waals surface area contributed by atoms with Gasteiger partial charge in [0.2, 0.25) is 0 Å². The van der Waals surface area contributed by atoms with Gasteiger partial charge in [0.05, 0.1) is 0 Å². The van der Waals surface area contributed by atoms with E-state index in [2.05, 4.69) is 109 Å². The fourth-order valence-corrected chi connectivity index (χ4v) is 6.38. The summed E-state index contributed by atoms with van der Waals surface area (Å²) in [5.74, 6) is 1.85. The molecule has 0 unspecified atom stereocenters. The molecule has 0 aliphatic carbocycles. The summed E-state index contributed by atoms with van der Waals surface area (Å²) in [5.41, 5.74) is 9.16. The van der Waals surface area contributed by atoms with Crippen LogP contribution in [-0.4, -0.2) is 15.0 Å². The third-order valence-corrected chi connectivity index (χ3v) is 8.76. The second kappa shape index (κ2) is 11.2. The summed E-state index contributed by atoms with van der Waals surface area (Å²) in [7, 11) is 0. The average Bonchev–Trinajstić information content (AvgIpc) is 3.54. The molecule has 4 nitrogen and oxygen atoms in total. The van der Waals surface area contributed by atoms with Crippen LogP contribution in [0.25, 0.3) is 89.1 Å². The third-order valence-electron chi connectivity index (χ3n) is 8.76. The number of fused-ring (bicyclic) bond motifs is 5. The van der Waals surface area contributed by atoms with E-state index in [1.807, 2.05) is 54.6 Å². The molecule has 0 aliphatic heterocycles. The molecular formula is C43H27N3O. The van der Waals surface area contributed by atoms with Gasteiger partial charge in [-0.25, -0.2) is 15.0 Å². The van der Waals surface area contributed by atoms with Crippen LogP contribution in [0.15, 0.2) is 168 Å². The van der Waals surface area contributed by atoms with Crippen molar-refractivity contribution in [2.75, 3.05) is 0 Å². The van der Waals surface area contributed by atoms with Crippen LogP contribution < -0.4 is 0 Å². The lowest BCUT2D eigenvalue weighted by atomic mass is 9.99. The molecule has 0 bridgehead atoms. The molecule has 7 aromatic carbocycles. The van der Waals surface area contributed by atoms with Crippen molar-refractivity contribution in [2.45, 2.75) is 0 Å². The van der Waals surface area contributed by atoms with Crippen LogP contribution in [0, 0.1) is 0 Å². The van der Waals surface area contributed by atoms with E-state index in [4.69, 9.17) is 19.4 Å². The molecule has 47 heavy (non-hydrogen) atoms. The predicted molar refractivity (Wildman–Crippen MR) is 192 cm³/mol. The maximum atomic E-state index is 6.47. The van der Waals surface area contributed by atoms with Gasteiger partial charge in [0.25, 0.3) is 0 Å². The SMILES string of the molecule is c1ccc(-c2ccc(-c3ccc(-c4nc(-c5ccccc5)nc(-c5cccc6ccc7c8ccccc8oc7c56)n4)cc3)cc2)cc1. The molecule has 2 heterocycles. The van der Waals surface area contributed by atoms with Gasteiger partial charge in [0.15, 0.2) is 17.5 Å². The summed E-state index contributed by atoms with van der Waals surface area (Å²) in [6.07, 6.45) is 0. The minimum atomic E-state index is 0.605. The van der Waals surface area contributed by atoms with Gasteiger partial charge in [-0.2, -0.15) is 0 Å². The maximum Gasteiger partial charge on any atom is 0.164 e. The molecule has 0 saturated carbocycles. The highest BCUT2D eigenvalue weighted by atomic mass is 16.3. The summed E-state index contributed by atoms with van der Waals surface area (Å²) in [6.45, 7) is 0. The molecule has 0 fully saturated rings. The molecule has 2 aromatic heterocycles. The quantitative estimate of drug-likeness (QED) is 0.197. The van der Waals surface area contributed by atoms with Gasteiger partial charge >= 0.3 is 0 Å². The van der Waals surface area contributed by atoms with Crippen LogP contribution in [0.2, 0.25) is 0 Å². The van der Waals surface area contributed by atoms with Crippen LogP contribution in [0.3, 0.4) is 0 Å². The van der Waals surface area contributed by atoms with Gasteiger partial charge < -0.3 is 4.42 Å². The zero-order valence-corrected chi connectivity index (χ0v) is 25.3. The lowest BCUT2D eigenvalue weighted by Gasteiger charge is -2.11. The molecular weight excluding hydrogens is 574 g/mol. The summed E-state index contributed by atoms with van der Waals surface area (Å²) < 4.78 is 6.47. The van der Waals surface area contributed by atoms with Crippen molar-refractivity contribution >= 4 is 32.7 Å². The highest BCUT2D eigenvalue weighted by molar-refractivity contribution is 6.18. The van der Waals surface area contributed by atoms with E-state index in [1.54, 1.807) is 0 Å². The Hall–Kier alpha value is -6.39. The number of para-hydroxylation sites is 1. The Morgan fingerprint density at radius 2 is 0.851 bits per heavy atom. The van der Waals surface area contributed by atoms with Gasteiger partial charge in [-0.1, -0.05) is 152 Å². The van der Waals surface area contributed by atoms with Crippen molar-refractivity contribution in [1.82, 2.24) is 15.0 Å².